The van der Waals surface area contributed by atoms with Crippen LogP contribution in [0.4, 0.5) is 0 Å². The van der Waals surface area contributed by atoms with Crippen LogP contribution in [0.1, 0.15) is 32.1 Å². The van der Waals surface area contributed by atoms with Crippen LogP contribution in [-0.2, 0) is 9.53 Å². The molecule has 0 unspecified atom stereocenters. The Morgan fingerprint density at radius 3 is 2.81 bits per heavy atom. The minimum Gasteiger partial charge on any atom is -0.378 e. The first-order valence-electron chi connectivity index (χ1n) is 6.45. The minimum absolute atomic E-state index is 0.302. The van der Waals surface area contributed by atoms with Crippen LogP contribution in [0.25, 0.3) is 0 Å². The van der Waals surface area contributed by atoms with Gasteiger partial charge >= 0.3 is 0 Å². The molecule has 2 heterocycles. The fraction of sp³-hybridized carbons (Fsp3) is 0.917. The average molecular weight is 226 g/mol. The van der Waals surface area contributed by atoms with Crippen LogP contribution in [0.5, 0.6) is 0 Å². The maximum atomic E-state index is 11.9. The molecule has 0 bridgehead atoms. The number of ether oxygens (including phenoxy) is 1. The number of hydrogen-bond donors (Lipinski definition) is 1. The van der Waals surface area contributed by atoms with E-state index in [9.17, 15) is 4.79 Å². The summed E-state index contributed by atoms with van der Waals surface area (Å²) in [6.45, 7) is 4.07. The smallest absolute Gasteiger partial charge is 0.222 e. The van der Waals surface area contributed by atoms with Gasteiger partial charge in [0.15, 0.2) is 0 Å². The van der Waals surface area contributed by atoms with E-state index in [0.29, 0.717) is 31.6 Å². The van der Waals surface area contributed by atoms with Gasteiger partial charge in [-0.2, -0.15) is 0 Å². The van der Waals surface area contributed by atoms with E-state index in [1.165, 1.54) is 19.3 Å². The normalized spacial score (nSPS) is 26.8. The molecule has 0 radical (unpaired) electrons. The molecule has 0 aliphatic carbocycles. The van der Waals surface area contributed by atoms with E-state index in [1.54, 1.807) is 0 Å². The van der Waals surface area contributed by atoms with Crippen LogP contribution in [0.2, 0.25) is 0 Å². The van der Waals surface area contributed by atoms with Crippen molar-refractivity contribution in [3.05, 3.63) is 0 Å². The van der Waals surface area contributed by atoms with Gasteiger partial charge in [0.2, 0.25) is 5.91 Å². The average Bonchev–Trinajstić information content (AvgIpc) is 2.38. The molecule has 2 aliphatic rings. The Kier molecular flexibility index (Phi) is 4.60. The Balaban J connectivity index is 1.65. The Labute approximate surface area is 97.3 Å². The maximum Gasteiger partial charge on any atom is 0.222 e. The third-order valence-corrected chi connectivity index (χ3v) is 3.48. The van der Waals surface area contributed by atoms with Crippen molar-refractivity contribution in [2.75, 3.05) is 32.8 Å². The quantitative estimate of drug-likeness (QED) is 0.773. The van der Waals surface area contributed by atoms with Crippen LogP contribution in [-0.4, -0.2) is 49.7 Å². The second-order valence-corrected chi connectivity index (χ2v) is 4.68. The van der Waals surface area contributed by atoms with Crippen molar-refractivity contribution in [1.82, 2.24) is 10.2 Å². The van der Waals surface area contributed by atoms with E-state index in [1.807, 2.05) is 4.90 Å². The lowest BCUT2D eigenvalue weighted by Gasteiger charge is -2.28. The summed E-state index contributed by atoms with van der Waals surface area (Å²) in [7, 11) is 0. The van der Waals surface area contributed by atoms with Gasteiger partial charge in [0.05, 0.1) is 13.2 Å². The van der Waals surface area contributed by atoms with Crippen molar-refractivity contribution in [2.45, 2.75) is 38.1 Å². The Bertz CT molecular complexity index is 221. The molecule has 2 saturated heterocycles. The molecule has 2 rings (SSSR count). The topological polar surface area (TPSA) is 41.6 Å². The molecular formula is C12H22N2O2. The minimum atomic E-state index is 0.302. The fourth-order valence-electron chi connectivity index (χ4n) is 2.44. The molecule has 4 nitrogen and oxygen atoms in total. The highest BCUT2D eigenvalue weighted by atomic mass is 16.5. The van der Waals surface area contributed by atoms with Crippen molar-refractivity contribution in [2.24, 2.45) is 0 Å². The molecule has 1 amide bonds. The van der Waals surface area contributed by atoms with Gasteiger partial charge in [0.25, 0.3) is 0 Å². The van der Waals surface area contributed by atoms with Gasteiger partial charge in [0, 0.05) is 25.6 Å². The van der Waals surface area contributed by atoms with Crippen LogP contribution < -0.4 is 5.32 Å². The second kappa shape index (κ2) is 6.21. The van der Waals surface area contributed by atoms with E-state index in [2.05, 4.69) is 5.32 Å². The van der Waals surface area contributed by atoms with E-state index in [4.69, 9.17) is 4.74 Å². The van der Waals surface area contributed by atoms with E-state index < -0.39 is 0 Å². The predicted octanol–water partition coefficient (Wildman–Crippen LogP) is 0.767. The third kappa shape index (κ3) is 3.46. The zero-order valence-corrected chi connectivity index (χ0v) is 9.91. The molecular weight excluding hydrogens is 204 g/mol. The van der Waals surface area contributed by atoms with E-state index >= 15 is 0 Å². The van der Waals surface area contributed by atoms with Crippen molar-refractivity contribution in [3.63, 3.8) is 0 Å². The first-order chi connectivity index (χ1) is 7.86. The van der Waals surface area contributed by atoms with Gasteiger partial charge in [-0.3, -0.25) is 4.79 Å². The summed E-state index contributed by atoms with van der Waals surface area (Å²) in [5, 5.41) is 3.48. The van der Waals surface area contributed by atoms with Crippen molar-refractivity contribution < 1.29 is 9.53 Å². The molecule has 1 atom stereocenters. The van der Waals surface area contributed by atoms with Gasteiger partial charge in [-0.25, -0.2) is 0 Å². The Morgan fingerprint density at radius 1 is 1.31 bits per heavy atom. The standard InChI is InChI=1S/C12H22N2O2/c15-12(14-7-9-16-10-8-14)5-4-11-3-1-2-6-13-11/h11,13H,1-10H2/t11-/m1/s1. The van der Waals surface area contributed by atoms with Gasteiger partial charge in [0.1, 0.15) is 0 Å². The molecule has 92 valence electrons. The molecule has 16 heavy (non-hydrogen) atoms. The van der Waals surface area contributed by atoms with Gasteiger partial charge in [-0.05, 0) is 25.8 Å². The Morgan fingerprint density at radius 2 is 2.12 bits per heavy atom. The van der Waals surface area contributed by atoms with Crippen molar-refractivity contribution >= 4 is 5.91 Å². The monoisotopic (exact) mass is 226 g/mol. The summed E-state index contributed by atoms with van der Waals surface area (Å²) in [5.41, 5.74) is 0. The molecule has 0 saturated carbocycles. The molecule has 0 aromatic carbocycles. The number of amides is 1. The lowest BCUT2D eigenvalue weighted by atomic mass is 10.0. The van der Waals surface area contributed by atoms with Crippen LogP contribution in [0, 0.1) is 0 Å². The highest BCUT2D eigenvalue weighted by molar-refractivity contribution is 5.76. The van der Waals surface area contributed by atoms with Gasteiger partial charge < -0.3 is 15.0 Å². The number of hydrogen-bond acceptors (Lipinski definition) is 3. The van der Waals surface area contributed by atoms with Crippen molar-refractivity contribution in [1.29, 1.82) is 0 Å². The fourth-order valence-corrected chi connectivity index (χ4v) is 2.44. The largest absolute Gasteiger partial charge is 0.378 e. The summed E-state index contributed by atoms with van der Waals surface area (Å²) in [5.74, 6) is 0.302. The highest BCUT2D eigenvalue weighted by Crippen LogP contribution is 2.13. The van der Waals surface area contributed by atoms with Gasteiger partial charge in [-0.1, -0.05) is 6.42 Å². The van der Waals surface area contributed by atoms with Crippen LogP contribution in [0.3, 0.4) is 0 Å². The summed E-state index contributed by atoms with van der Waals surface area (Å²) in [4.78, 5) is 13.8. The zero-order valence-electron chi connectivity index (χ0n) is 9.91. The summed E-state index contributed by atoms with van der Waals surface area (Å²) in [6.07, 6.45) is 5.52. The summed E-state index contributed by atoms with van der Waals surface area (Å²) < 4.78 is 5.24. The SMILES string of the molecule is O=C(CC[C@H]1CCCCN1)N1CCOCC1. The number of carbonyl (C=O) groups excluding carboxylic acids is 1. The zero-order chi connectivity index (χ0) is 11.2. The number of nitrogens with zero attached hydrogens (tertiary/aromatic N) is 1. The second-order valence-electron chi connectivity index (χ2n) is 4.68. The van der Waals surface area contributed by atoms with Gasteiger partial charge in [-0.15, -0.1) is 0 Å². The number of nitrogens with one attached hydrogen (secondary N) is 1. The molecule has 0 aromatic rings. The predicted molar refractivity (Wildman–Crippen MR) is 62.3 cm³/mol. The van der Waals surface area contributed by atoms with E-state index in [0.717, 1.165) is 26.1 Å². The Hall–Kier alpha value is -0.610. The molecule has 0 spiro atoms. The molecule has 0 aromatic heterocycles. The lowest BCUT2D eigenvalue weighted by molar-refractivity contribution is -0.135. The lowest BCUT2D eigenvalue weighted by Crippen LogP contribution is -2.41. The molecule has 2 fully saturated rings. The van der Waals surface area contributed by atoms with E-state index in [-0.39, 0.29) is 0 Å². The number of morpholine rings is 1. The van der Waals surface area contributed by atoms with Crippen LogP contribution in [0.15, 0.2) is 0 Å². The first kappa shape index (κ1) is 11.9. The third-order valence-electron chi connectivity index (χ3n) is 3.48. The number of piperidine rings is 1. The number of carbonyl (C=O) groups is 1. The van der Waals surface area contributed by atoms with Crippen molar-refractivity contribution in [3.8, 4) is 0 Å². The molecule has 1 N–H and O–H groups in total. The molecule has 4 heteroatoms. The first-order valence-corrected chi connectivity index (χ1v) is 6.45. The highest BCUT2D eigenvalue weighted by Gasteiger charge is 2.19. The number of rotatable bonds is 3. The molecule has 2 aliphatic heterocycles. The van der Waals surface area contributed by atoms with Crippen LogP contribution >= 0.6 is 0 Å². The maximum absolute atomic E-state index is 11.9. The summed E-state index contributed by atoms with van der Waals surface area (Å²) >= 11 is 0. The summed E-state index contributed by atoms with van der Waals surface area (Å²) in [6, 6.07) is 0.568.